The third kappa shape index (κ3) is 7.56. The first-order valence-corrected chi connectivity index (χ1v) is 9.43. The highest BCUT2D eigenvalue weighted by molar-refractivity contribution is 5.78. The van der Waals surface area contributed by atoms with Gasteiger partial charge in [-0.15, -0.1) is 0 Å². The molecule has 0 heterocycles. The molecule has 1 atom stereocenters. The van der Waals surface area contributed by atoms with Gasteiger partial charge in [0.2, 0.25) is 11.8 Å². The second-order valence-corrected chi connectivity index (χ2v) is 7.92. The monoisotopic (exact) mass is 361 g/mol. The zero-order chi connectivity index (χ0) is 19.9. The quantitative estimate of drug-likeness (QED) is 0.711. The smallest absolute Gasteiger partial charge is 0.222 e. The number of amides is 2. The minimum absolute atomic E-state index is 0.0308. The highest BCUT2D eigenvalue weighted by Gasteiger charge is 2.11. The van der Waals surface area contributed by atoms with Crippen LogP contribution in [-0.2, 0) is 29.1 Å². The predicted octanol–water partition coefficient (Wildman–Crippen LogP) is 2.72. The van der Waals surface area contributed by atoms with Gasteiger partial charge in [-0.05, 0) is 44.1 Å². The second kappa shape index (κ2) is 10.3. The number of likely N-dealkylation sites (N-methyl/N-ethyl adjacent to an activating group) is 1. The van der Waals surface area contributed by atoms with Gasteiger partial charge in [0.05, 0.1) is 0 Å². The van der Waals surface area contributed by atoms with Crippen LogP contribution in [0.5, 0.6) is 0 Å². The topological polar surface area (TPSA) is 61.4 Å². The fourth-order valence-corrected chi connectivity index (χ4v) is 2.47. The van der Waals surface area contributed by atoms with E-state index >= 15 is 0 Å². The number of benzene rings is 1. The summed E-state index contributed by atoms with van der Waals surface area (Å²) in [7, 11) is 4.14. The molecular weight excluding hydrogens is 326 g/mol. The summed E-state index contributed by atoms with van der Waals surface area (Å²) in [6, 6.07) is 6.77. The maximum absolute atomic E-state index is 11.9. The first-order chi connectivity index (χ1) is 12.1. The van der Waals surface area contributed by atoms with Crippen LogP contribution in [0.2, 0.25) is 0 Å². The lowest BCUT2D eigenvalue weighted by atomic mass is 10.00. The van der Waals surface area contributed by atoms with Crippen LogP contribution in [0.25, 0.3) is 0 Å². The summed E-state index contributed by atoms with van der Waals surface area (Å²) >= 11 is 0. The molecule has 0 fully saturated rings. The highest BCUT2D eigenvalue weighted by atomic mass is 16.2. The Morgan fingerprint density at radius 3 is 1.54 bits per heavy atom. The second-order valence-electron chi connectivity index (χ2n) is 7.92. The van der Waals surface area contributed by atoms with E-state index in [2.05, 4.69) is 54.8 Å². The van der Waals surface area contributed by atoms with Crippen molar-refractivity contribution in [3.05, 3.63) is 34.9 Å². The van der Waals surface area contributed by atoms with Crippen molar-refractivity contribution in [2.24, 2.45) is 11.8 Å². The molecule has 1 rings (SSSR count). The normalized spacial score (nSPS) is 12.5. The van der Waals surface area contributed by atoms with E-state index in [1.165, 1.54) is 5.56 Å². The molecule has 0 bridgehead atoms. The van der Waals surface area contributed by atoms with E-state index in [1.807, 2.05) is 27.7 Å². The van der Waals surface area contributed by atoms with Crippen LogP contribution in [0.15, 0.2) is 18.2 Å². The lowest BCUT2D eigenvalue weighted by Crippen LogP contribution is -2.29. The lowest BCUT2D eigenvalue weighted by Gasteiger charge is -2.21. The molecule has 0 aliphatic heterocycles. The zero-order valence-electron chi connectivity index (χ0n) is 17.3. The van der Waals surface area contributed by atoms with Gasteiger partial charge in [-0.25, -0.2) is 0 Å². The first-order valence-electron chi connectivity index (χ1n) is 9.43. The highest BCUT2D eigenvalue weighted by Crippen LogP contribution is 2.14. The van der Waals surface area contributed by atoms with Crippen molar-refractivity contribution in [1.82, 2.24) is 15.5 Å². The number of hydrogen-bond donors (Lipinski definition) is 2. The van der Waals surface area contributed by atoms with Crippen molar-refractivity contribution in [3.63, 3.8) is 0 Å². The molecule has 1 aromatic rings. The van der Waals surface area contributed by atoms with Gasteiger partial charge in [-0.2, -0.15) is 0 Å². The Morgan fingerprint density at radius 2 is 1.19 bits per heavy atom. The summed E-state index contributed by atoms with van der Waals surface area (Å²) in [5, 5.41) is 5.95. The standard InChI is InChI=1S/C21H35N3O2/c1-14(2)20(25)22-12-18-9-17(8-16(5)24(6)7)10-19(11-18)13-23-21(26)15(3)4/h9-11,14-16H,8,12-13H2,1-7H3,(H,22,25)(H,23,26). The molecule has 0 aromatic heterocycles. The van der Waals surface area contributed by atoms with Gasteiger partial charge in [0.15, 0.2) is 0 Å². The van der Waals surface area contributed by atoms with Crippen molar-refractivity contribution in [2.75, 3.05) is 14.1 Å². The summed E-state index contributed by atoms with van der Waals surface area (Å²) in [5.41, 5.74) is 3.35. The van der Waals surface area contributed by atoms with Gasteiger partial charge >= 0.3 is 0 Å². The predicted molar refractivity (Wildman–Crippen MR) is 107 cm³/mol. The minimum Gasteiger partial charge on any atom is -0.352 e. The average molecular weight is 362 g/mol. The third-order valence-corrected chi connectivity index (χ3v) is 4.51. The van der Waals surface area contributed by atoms with Crippen LogP contribution in [0, 0.1) is 11.8 Å². The van der Waals surface area contributed by atoms with Crippen LogP contribution in [0.3, 0.4) is 0 Å². The largest absolute Gasteiger partial charge is 0.352 e. The van der Waals surface area contributed by atoms with Crippen molar-refractivity contribution in [2.45, 2.75) is 60.2 Å². The summed E-state index contributed by atoms with van der Waals surface area (Å²) in [6.45, 7) is 10.7. The van der Waals surface area contributed by atoms with Gasteiger partial charge < -0.3 is 15.5 Å². The molecule has 0 aliphatic rings. The fraction of sp³-hybridized carbons (Fsp3) is 0.619. The molecule has 26 heavy (non-hydrogen) atoms. The molecule has 0 spiro atoms. The number of hydrogen-bond acceptors (Lipinski definition) is 3. The van der Waals surface area contributed by atoms with E-state index in [9.17, 15) is 9.59 Å². The maximum atomic E-state index is 11.9. The number of nitrogens with one attached hydrogen (secondary N) is 2. The maximum Gasteiger partial charge on any atom is 0.222 e. The zero-order valence-corrected chi connectivity index (χ0v) is 17.3. The third-order valence-electron chi connectivity index (χ3n) is 4.51. The number of rotatable bonds is 9. The Labute approximate surface area is 158 Å². The summed E-state index contributed by atoms with van der Waals surface area (Å²) in [6.07, 6.45) is 0.921. The van der Waals surface area contributed by atoms with Crippen LogP contribution < -0.4 is 10.6 Å². The first kappa shape index (κ1) is 22.2. The molecule has 0 saturated carbocycles. The van der Waals surface area contributed by atoms with Crippen molar-refractivity contribution in [3.8, 4) is 0 Å². The van der Waals surface area contributed by atoms with E-state index in [0.29, 0.717) is 19.1 Å². The summed E-state index contributed by atoms with van der Waals surface area (Å²) in [5.74, 6) is 0.0342. The van der Waals surface area contributed by atoms with Gasteiger partial charge in [0.25, 0.3) is 0 Å². The lowest BCUT2D eigenvalue weighted by molar-refractivity contribution is -0.124. The average Bonchev–Trinajstić information content (AvgIpc) is 2.56. The van der Waals surface area contributed by atoms with E-state index in [-0.39, 0.29) is 23.7 Å². The molecule has 5 nitrogen and oxygen atoms in total. The van der Waals surface area contributed by atoms with E-state index in [1.54, 1.807) is 0 Å². The van der Waals surface area contributed by atoms with Gasteiger partial charge in [-0.3, -0.25) is 9.59 Å². The van der Waals surface area contributed by atoms with Gasteiger partial charge in [0.1, 0.15) is 0 Å². The molecule has 0 radical (unpaired) electrons. The number of carbonyl (C=O) groups is 2. The molecule has 146 valence electrons. The molecule has 2 N–H and O–H groups in total. The summed E-state index contributed by atoms with van der Waals surface area (Å²) < 4.78 is 0. The Hall–Kier alpha value is -1.88. The fourth-order valence-electron chi connectivity index (χ4n) is 2.47. The van der Waals surface area contributed by atoms with Gasteiger partial charge in [0, 0.05) is 31.0 Å². The van der Waals surface area contributed by atoms with Crippen LogP contribution in [0.4, 0.5) is 0 Å². The Kier molecular flexibility index (Phi) is 8.79. The van der Waals surface area contributed by atoms with Gasteiger partial charge in [-0.1, -0.05) is 45.9 Å². The Bertz CT molecular complexity index is 567. The molecular formula is C21H35N3O2. The molecule has 5 heteroatoms. The molecule has 0 aliphatic carbocycles. The van der Waals surface area contributed by atoms with E-state index < -0.39 is 0 Å². The van der Waals surface area contributed by atoms with E-state index in [0.717, 1.165) is 17.5 Å². The van der Waals surface area contributed by atoms with Crippen LogP contribution in [0.1, 0.15) is 51.3 Å². The van der Waals surface area contributed by atoms with Crippen molar-refractivity contribution >= 4 is 11.8 Å². The molecule has 2 amide bonds. The molecule has 0 saturated heterocycles. The molecule has 1 unspecified atom stereocenters. The van der Waals surface area contributed by atoms with E-state index in [4.69, 9.17) is 0 Å². The van der Waals surface area contributed by atoms with Crippen LogP contribution >= 0.6 is 0 Å². The molecule has 1 aromatic carbocycles. The minimum atomic E-state index is -0.0308. The Morgan fingerprint density at radius 1 is 0.808 bits per heavy atom. The summed E-state index contributed by atoms with van der Waals surface area (Å²) in [4.78, 5) is 25.9. The SMILES string of the molecule is CC(C)C(=O)NCc1cc(CNC(=O)C(C)C)cc(CC(C)N(C)C)c1. The number of carbonyl (C=O) groups excluding carboxylic acids is 2. The van der Waals surface area contributed by atoms with Crippen LogP contribution in [-0.4, -0.2) is 36.9 Å². The number of nitrogens with zero attached hydrogens (tertiary/aromatic N) is 1. The van der Waals surface area contributed by atoms with Crippen molar-refractivity contribution < 1.29 is 9.59 Å². The van der Waals surface area contributed by atoms with Crippen molar-refractivity contribution in [1.29, 1.82) is 0 Å². The Balaban J connectivity index is 2.94.